The van der Waals surface area contributed by atoms with Gasteiger partial charge >= 0.3 is 0 Å². The molecule has 0 bridgehead atoms. The average Bonchev–Trinajstić information content (AvgIpc) is 2.39. The van der Waals surface area contributed by atoms with Crippen molar-refractivity contribution in [2.24, 2.45) is 0 Å². The summed E-state index contributed by atoms with van der Waals surface area (Å²) in [6, 6.07) is 6.72. The minimum absolute atomic E-state index is 0.603. The molecule has 1 aromatic rings. The van der Waals surface area contributed by atoms with Crippen LogP contribution in [0, 0.1) is 0 Å². The molecule has 1 unspecified atom stereocenters. The normalized spacial score (nSPS) is 18.0. The summed E-state index contributed by atoms with van der Waals surface area (Å²) >= 11 is 0. The summed E-state index contributed by atoms with van der Waals surface area (Å²) in [6.45, 7) is 6.51. The number of benzene rings is 1. The van der Waals surface area contributed by atoms with Crippen LogP contribution in [-0.2, 0) is 13.0 Å². The van der Waals surface area contributed by atoms with Gasteiger partial charge in [-0.15, -0.1) is 0 Å². The summed E-state index contributed by atoms with van der Waals surface area (Å²) < 4.78 is 0. The number of hydrogen-bond acceptors (Lipinski definition) is 3. The van der Waals surface area contributed by atoms with Crippen LogP contribution in [0.4, 0.5) is 5.69 Å². The van der Waals surface area contributed by atoms with Crippen LogP contribution in [-0.4, -0.2) is 30.8 Å². The van der Waals surface area contributed by atoms with Crippen molar-refractivity contribution in [1.29, 1.82) is 0 Å². The van der Waals surface area contributed by atoms with Gasteiger partial charge in [0.05, 0.1) is 5.60 Å². The number of rotatable bonds is 5. The van der Waals surface area contributed by atoms with Gasteiger partial charge in [-0.05, 0) is 43.4 Å². The summed E-state index contributed by atoms with van der Waals surface area (Å²) in [4.78, 5) is 2.33. The Balaban J connectivity index is 1.95. The Hall–Kier alpha value is -1.06. The van der Waals surface area contributed by atoms with Gasteiger partial charge in [0.25, 0.3) is 0 Å². The first-order valence-corrected chi connectivity index (χ1v) is 7.28. The number of hydrogen-bond donors (Lipinski definition) is 2. The van der Waals surface area contributed by atoms with Crippen LogP contribution >= 0.6 is 0 Å². The second-order valence-corrected chi connectivity index (χ2v) is 5.94. The van der Waals surface area contributed by atoms with Gasteiger partial charge in [-0.25, -0.2) is 0 Å². The monoisotopic (exact) mass is 262 g/mol. The Morgan fingerprint density at radius 1 is 1.42 bits per heavy atom. The van der Waals surface area contributed by atoms with Crippen molar-refractivity contribution >= 4 is 5.69 Å². The first kappa shape index (κ1) is 14.4. The molecule has 1 aliphatic heterocycles. The van der Waals surface area contributed by atoms with Crippen molar-refractivity contribution < 1.29 is 5.11 Å². The number of aryl methyl sites for hydroxylation is 1. The van der Waals surface area contributed by atoms with Crippen LogP contribution in [0.25, 0.3) is 0 Å². The first-order valence-electron chi connectivity index (χ1n) is 7.28. The van der Waals surface area contributed by atoms with Crippen LogP contribution in [0.1, 0.15) is 37.8 Å². The van der Waals surface area contributed by atoms with Crippen molar-refractivity contribution in [2.45, 2.75) is 45.3 Å². The lowest BCUT2D eigenvalue weighted by Crippen LogP contribution is -2.36. The van der Waals surface area contributed by atoms with Gasteiger partial charge in [-0.2, -0.15) is 0 Å². The fourth-order valence-electron chi connectivity index (χ4n) is 2.55. The first-order chi connectivity index (χ1) is 9.02. The van der Waals surface area contributed by atoms with E-state index >= 15 is 0 Å². The van der Waals surface area contributed by atoms with Gasteiger partial charge in [0.1, 0.15) is 0 Å². The van der Waals surface area contributed by atoms with E-state index in [1.807, 2.05) is 13.8 Å². The molecule has 0 fully saturated rings. The third kappa shape index (κ3) is 3.71. The fraction of sp³-hybridized carbons (Fsp3) is 0.625. The molecule has 0 aromatic heterocycles. The van der Waals surface area contributed by atoms with E-state index in [2.05, 4.69) is 35.5 Å². The SMILES string of the molecule is CCC(C)(O)CNCc1ccc2c(c1)CCCN2C. The molecule has 1 aromatic carbocycles. The van der Waals surface area contributed by atoms with Crippen LogP contribution in [0.15, 0.2) is 18.2 Å². The molecule has 1 aliphatic rings. The minimum atomic E-state index is -0.603. The van der Waals surface area contributed by atoms with Crippen molar-refractivity contribution in [3.63, 3.8) is 0 Å². The molecule has 0 radical (unpaired) electrons. The summed E-state index contributed by atoms with van der Waals surface area (Å²) in [5.41, 5.74) is 3.53. The Morgan fingerprint density at radius 2 is 2.21 bits per heavy atom. The standard InChI is InChI=1S/C16H26N2O/c1-4-16(2,19)12-17-11-13-7-8-15-14(10-13)6-5-9-18(15)3/h7-8,10,17,19H,4-6,9,11-12H2,1-3H3. The highest BCUT2D eigenvalue weighted by atomic mass is 16.3. The van der Waals surface area contributed by atoms with E-state index in [0.717, 1.165) is 19.5 Å². The highest BCUT2D eigenvalue weighted by molar-refractivity contribution is 5.56. The number of aliphatic hydroxyl groups is 1. The lowest BCUT2D eigenvalue weighted by molar-refractivity contribution is 0.0555. The highest BCUT2D eigenvalue weighted by Gasteiger charge is 2.17. The maximum atomic E-state index is 9.96. The van der Waals surface area contributed by atoms with Gasteiger partial charge < -0.3 is 15.3 Å². The van der Waals surface area contributed by atoms with Gasteiger partial charge in [0.2, 0.25) is 0 Å². The van der Waals surface area contributed by atoms with Crippen LogP contribution in [0.5, 0.6) is 0 Å². The maximum Gasteiger partial charge on any atom is 0.0741 e. The molecule has 0 saturated heterocycles. The summed E-state index contributed by atoms with van der Waals surface area (Å²) in [5.74, 6) is 0. The molecular formula is C16H26N2O. The number of anilines is 1. The second-order valence-electron chi connectivity index (χ2n) is 5.94. The topological polar surface area (TPSA) is 35.5 Å². The molecule has 2 N–H and O–H groups in total. The van der Waals surface area contributed by atoms with Crippen LogP contribution in [0.2, 0.25) is 0 Å². The van der Waals surface area contributed by atoms with Gasteiger partial charge in [-0.1, -0.05) is 19.1 Å². The molecule has 2 rings (SSSR count). The molecule has 0 spiro atoms. The molecule has 0 saturated carbocycles. The third-order valence-corrected chi connectivity index (χ3v) is 4.09. The zero-order chi connectivity index (χ0) is 13.9. The predicted molar refractivity (Wildman–Crippen MR) is 80.7 cm³/mol. The van der Waals surface area contributed by atoms with Gasteiger partial charge in [0, 0.05) is 32.4 Å². The average molecular weight is 262 g/mol. The van der Waals surface area contributed by atoms with Crippen molar-refractivity contribution in [1.82, 2.24) is 5.32 Å². The Bertz CT molecular complexity index is 429. The second kappa shape index (κ2) is 5.93. The Morgan fingerprint density at radius 3 is 2.95 bits per heavy atom. The molecule has 3 nitrogen and oxygen atoms in total. The van der Waals surface area contributed by atoms with E-state index in [-0.39, 0.29) is 0 Å². The summed E-state index contributed by atoms with van der Waals surface area (Å²) in [7, 11) is 2.16. The highest BCUT2D eigenvalue weighted by Crippen LogP contribution is 2.26. The smallest absolute Gasteiger partial charge is 0.0741 e. The zero-order valence-electron chi connectivity index (χ0n) is 12.4. The van der Waals surface area contributed by atoms with E-state index in [9.17, 15) is 5.11 Å². The lowest BCUT2D eigenvalue weighted by Gasteiger charge is -2.28. The number of fused-ring (bicyclic) bond motifs is 1. The number of nitrogens with zero attached hydrogens (tertiary/aromatic N) is 1. The van der Waals surface area contributed by atoms with Crippen LogP contribution in [0.3, 0.4) is 0 Å². The molecule has 0 aliphatic carbocycles. The molecule has 106 valence electrons. The van der Waals surface area contributed by atoms with E-state index in [4.69, 9.17) is 0 Å². The Labute approximate surface area is 116 Å². The minimum Gasteiger partial charge on any atom is -0.389 e. The van der Waals surface area contributed by atoms with E-state index in [1.54, 1.807) is 0 Å². The fourth-order valence-corrected chi connectivity index (χ4v) is 2.55. The summed E-state index contributed by atoms with van der Waals surface area (Å²) in [6.07, 6.45) is 3.19. The molecule has 1 heterocycles. The zero-order valence-corrected chi connectivity index (χ0v) is 12.4. The quantitative estimate of drug-likeness (QED) is 0.855. The predicted octanol–water partition coefficient (Wildman–Crippen LogP) is 2.32. The van der Waals surface area contributed by atoms with Gasteiger partial charge in [-0.3, -0.25) is 0 Å². The molecule has 1 atom stereocenters. The summed E-state index contributed by atoms with van der Waals surface area (Å²) in [5, 5.41) is 13.3. The van der Waals surface area contributed by atoms with Crippen molar-refractivity contribution in [2.75, 3.05) is 25.0 Å². The van der Waals surface area contributed by atoms with E-state index in [1.165, 1.54) is 29.7 Å². The van der Waals surface area contributed by atoms with Crippen molar-refractivity contribution in [3.05, 3.63) is 29.3 Å². The van der Waals surface area contributed by atoms with Crippen LogP contribution < -0.4 is 10.2 Å². The third-order valence-electron chi connectivity index (χ3n) is 4.09. The molecule has 19 heavy (non-hydrogen) atoms. The van der Waals surface area contributed by atoms with Gasteiger partial charge in [0.15, 0.2) is 0 Å². The molecular weight excluding hydrogens is 236 g/mol. The maximum absolute atomic E-state index is 9.96. The van der Waals surface area contributed by atoms with Crippen molar-refractivity contribution in [3.8, 4) is 0 Å². The molecule has 3 heteroatoms. The molecule has 0 amide bonds. The number of nitrogens with one attached hydrogen (secondary N) is 1. The van der Waals surface area contributed by atoms with E-state index in [0.29, 0.717) is 6.54 Å². The Kier molecular flexibility index (Phi) is 4.48. The largest absolute Gasteiger partial charge is 0.389 e. The lowest BCUT2D eigenvalue weighted by atomic mass is 9.99. The van der Waals surface area contributed by atoms with E-state index < -0.39 is 5.60 Å².